The molecule has 0 bridgehead atoms. The van der Waals surface area contributed by atoms with Crippen LogP contribution in [0.25, 0.3) is 17.1 Å². The number of thiazole rings is 1. The highest BCUT2D eigenvalue weighted by Crippen LogP contribution is 2.30. The van der Waals surface area contributed by atoms with Gasteiger partial charge in [0.1, 0.15) is 11.5 Å². The monoisotopic (exact) mass is 408 g/mol. The molecule has 29 heavy (non-hydrogen) atoms. The third-order valence-corrected chi connectivity index (χ3v) is 5.08. The number of benzene rings is 1. The van der Waals surface area contributed by atoms with Crippen molar-refractivity contribution < 1.29 is 9.18 Å². The second-order valence-electron chi connectivity index (χ2n) is 6.56. The smallest absolute Gasteiger partial charge is 0.277 e. The Balaban J connectivity index is 1.61. The normalized spacial score (nSPS) is 10.9. The molecule has 0 aliphatic rings. The fourth-order valence-corrected chi connectivity index (χ4v) is 3.82. The average molecular weight is 408 g/mol. The van der Waals surface area contributed by atoms with Gasteiger partial charge in [-0.15, -0.1) is 16.4 Å². The van der Waals surface area contributed by atoms with Gasteiger partial charge in [-0.3, -0.25) is 15.1 Å². The van der Waals surface area contributed by atoms with Crippen LogP contribution in [0.15, 0.2) is 42.6 Å². The van der Waals surface area contributed by atoms with Crippen molar-refractivity contribution in [2.45, 2.75) is 20.8 Å². The van der Waals surface area contributed by atoms with E-state index in [0.29, 0.717) is 10.8 Å². The molecule has 0 saturated heterocycles. The van der Waals surface area contributed by atoms with E-state index in [2.05, 4.69) is 25.6 Å². The maximum Gasteiger partial charge on any atom is 0.277 e. The van der Waals surface area contributed by atoms with Crippen molar-refractivity contribution in [2.24, 2.45) is 0 Å². The van der Waals surface area contributed by atoms with E-state index in [4.69, 9.17) is 0 Å². The largest absolute Gasteiger partial charge is 0.296 e. The van der Waals surface area contributed by atoms with E-state index in [0.717, 1.165) is 27.5 Å². The van der Waals surface area contributed by atoms with Crippen molar-refractivity contribution in [3.05, 3.63) is 70.2 Å². The lowest BCUT2D eigenvalue weighted by molar-refractivity contribution is 0.101. The van der Waals surface area contributed by atoms with Crippen LogP contribution < -0.4 is 5.32 Å². The molecule has 146 valence electrons. The van der Waals surface area contributed by atoms with Crippen LogP contribution >= 0.6 is 11.3 Å². The minimum Gasteiger partial charge on any atom is -0.296 e. The van der Waals surface area contributed by atoms with Crippen LogP contribution in [0.2, 0.25) is 0 Å². The highest BCUT2D eigenvalue weighted by molar-refractivity contribution is 7.16. The Labute approximate surface area is 170 Å². The predicted octanol–water partition coefficient (Wildman–Crippen LogP) is 4.10. The summed E-state index contributed by atoms with van der Waals surface area (Å²) in [4.78, 5) is 22.8. The summed E-state index contributed by atoms with van der Waals surface area (Å²) >= 11 is 1.36. The SMILES string of the molecule is Cc1cc(C)nc(-c2nc(NC(=O)c3cnnn3-c3cccc(F)c3)sc2C)c1. The molecule has 4 aromatic rings. The van der Waals surface area contributed by atoms with Crippen molar-refractivity contribution in [2.75, 3.05) is 5.32 Å². The summed E-state index contributed by atoms with van der Waals surface area (Å²) in [5.74, 6) is -0.863. The number of aryl methyl sites for hydroxylation is 3. The number of hydrogen-bond acceptors (Lipinski definition) is 6. The average Bonchev–Trinajstić information content (AvgIpc) is 3.27. The van der Waals surface area contributed by atoms with E-state index < -0.39 is 11.7 Å². The molecule has 0 atom stereocenters. The first-order valence-electron chi connectivity index (χ1n) is 8.82. The molecule has 0 aliphatic carbocycles. The Morgan fingerprint density at radius 3 is 2.72 bits per heavy atom. The predicted molar refractivity (Wildman–Crippen MR) is 109 cm³/mol. The van der Waals surface area contributed by atoms with E-state index in [-0.39, 0.29) is 5.69 Å². The lowest BCUT2D eigenvalue weighted by atomic mass is 10.2. The molecule has 1 aromatic carbocycles. The van der Waals surface area contributed by atoms with Gasteiger partial charge in [0.2, 0.25) is 0 Å². The van der Waals surface area contributed by atoms with Crippen LogP contribution in [0.1, 0.15) is 26.6 Å². The van der Waals surface area contributed by atoms with Gasteiger partial charge in [0.05, 0.1) is 17.6 Å². The summed E-state index contributed by atoms with van der Waals surface area (Å²) in [6, 6.07) is 9.75. The van der Waals surface area contributed by atoms with E-state index in [1.165, 1.54) is 34.3 Å². The molecular weight excluding hydrogens is 391 g/mol. The van der Waals surface area contributed by atoms with Crippen molar-refractivity contribution in [3.63, 3.8) is 0 Å². The maximum atomic E-state index is 13.5. The Hall–Kier alpha value is -3.46. The molecule has 0 unspecified atom stereocenters. The van der Waals surface area contributed by atoms with E-state index in [9.17, 15) is 9.18 Å². The highest BCUT2D eigenvalue weighted by atomic mass is 32.1. The molecular formula is C20H17FN6OS. The number of carbonyl (C=O) groups excluding carboxylic acids is 1. The fraction of sp³-hybridized carbons (Fsp3) is 0.150. The summed E-state index contributed by atoms with van der Waals surface area (Å²) in [7, 11) is 0. The highest BCUT2D eigenvalue weighted by Gasteiger charge is 2.18. The quantitative estimate of drug-likeness (QED) is 0.549. The first-order chi connectivity index (χ1) is 13.9. The van der Waals surface area contributed by atoms with Gasteiger partial charge < -0.3 is 0 Å². The number of pyridine rings is 1. The van der Waals surface area contributed by atoms with Gasteiger partial charge in [-0.2, -0.15) is 0 Å². The summed E-state index contributed by atoms with van der Waals surface area (Å²) in [6.45, 7) is 5.87. The number of aromatic nitrogens is 5. The Bertz CT molecular complexity index is 1200. The van der Waals surface area contributed by atoms with Crippen LogP contribution in [0.3, 0.4) is 0 Å². The van der Waals surface area contributed by atoms with Crippen molar-refractivity contribution in [1.82, 2.24) is 25.0 Å². The zero-order chi connectivity index (χ0) is 20.5. The maximum absolute atomic E-state index is 13.5. The minimum absolute atomic E-state index is 0.175. The molecule has 0 radical (unpaired) electrons. The summed E-state index contributed by atoms with van der Waals surface area (Å²) in [5, 5.41) is 10.9. The molecule has 7 nitrogen and oxygen atoms in total. The van der Waals surface area contributed by atoms with Crippen LogP contribution in [0.4, 0.5) is 9.52 Å². The molecule has 0 saturated carbocycles. The fourth-order valence-electron chi connectivity index (χ4n) is 3.00. The van der Waals surface area contributed by atoms with E-state index in [1.54, 1.807) is 12.1 Å². The zero-order valence-corrected chi connectivity index (χ0v) is 16.8. The Morgan fingerprint density at radius 1 is 1.14 bits per heavy atom. The number of carbonyl (C=O) groups is 1. The number of nitrogens with one attached hydrogen (secondary N) is 1. The van der Waals surface area contributed by atoms with Crippen LogP contribution in [0.5, 0.6) is 0 Å². The number of hydrogen-bond donors (Lipinski definition) is 1. The second kappa shape index (κ2) is 7.51. The molecule has 4 rings (SSSR count). The van der Waals surface area contributed by atoms with Crippen LogP contribution in [-0.4, -0.2) is 30.9 Å². The van der Waals surface area contributed by atoms with Crippen molar-refractivity contribution >= 4 is 22.4 Å². The number of halogens is 1. The third-order valence-electron chi connectivity index (χ3n) is 4.19. The summed E-state index contributed by atoms with van der Waals surface area (Å²) < 4.78 is 14.8. The molecule has 0 aliphatic heterocycles. The van der Waals surface area contributed by atoms with Gasteiger partial charge in [0, 0.05) is 10.6 Å². The van der Waals surface area contributed by atoms with Gasteiger partial charge >= 0.3 is 0 Å². The molecule has 1 amide bonds. The van der Waals surface area contributed by atoms with Gasteiger partial charge in [0.15, 0.2) is 10.8 Å². The topological polar surface area (TPSA) is 85.6 Å². The lowest BCUT2D eigenvalue weighted by Gasteiger charge is -2.05. The van der Waals surface area contributed by atoms with Crippen molar-refractivity contribution in [1.29, 1.82) is 0 Å². The first-order valence-corrected chi connectivity index (χ1v) is 9.63. The van der Waals surface area contributed by atoms with Crippen molar-refractivity contribution in [3.8, 4) is 17.1 Å². The summed E-state index contributed by atoms with van der Waals surface area (Å²) in [6.07, 6.45) is 1.33. The molecule has 3 aromatic heterocycles. The van der Waals surface area contributed by atoms with Gasteiger partial charge in [-0.25, -0.2) is 14.1 Å². The number of rotatable bonds is 4. The van der Waals surface area contributed by atoms with Crippen LogP contribution in [0, 0.1) is 26.6 Å². The van der Waals surface area contributed by atoms with Gasteiger partial charge in [-0.05, 0) is 56.7 Å². The Kier molecular flexibility index (Phi) is 4.89. The van der Waals surface area contributed by atoms with E-state index >= 15 is 0 Å². The van der Waals surface area contributed by atoms with Gasteiger partial charge in [0.25, 0.3) is 5.91 Å². The molecule has 1 N–H and O–H groups in total. The zero-order valence-electron chi connectivity index (χ0n) is 16.0. The second-order valence-corrected chi connectivity index (χ2v) is 7.76. The molecule has 0 fully saturated rings. The number of amides is 1. The van der Waals surface area contributed by atoms with E-state index in [1.807, 2.05) is 32.9 Å². The number of nitrogens with zero attached hydrogens (tertiary/aromatic N) is 5. The first kappa shape index (κ1) is 18.9. The number of anilines is 1. The van der Waals surface area contributed by atoms with Crippen LogP contribution in [-0.2, 0) is 0 Å². The Morgan fingerprint density at radius 2 is 1.97 bits per heavy atom. The molecule has 3 heterocycles. The third kappa shape index (κ3) is 3.90. The standard InChI is InChI=1S/C20H17FN6OS/c1-11-7-12(2)23-16(8-11)18-13(3)29-20(24-18)25-19(28)17-10-22-26-27(17)15-6-4-5-14(21)9-15/h4-10H,1-3H3,(H,24,25,28). The summed E-state index contributed by atoms with van der Waals surface area (Å²) in [5.41, 5.74) is 4.08. The minimum atomic E-state index is -0.437. The van der Waals surface area contributed by atoms with Gasteiger partial charge in [-0.1, -0.05) is 11.3 Å². The molecule has 9 heteroatoms. The lowest BCUT2D eigenvalue weighted by Crippen LogP contribution is -2.17. The molecule has 0 spiro atoms.